The van der Waals surface area contributed by atoms with Crippen LogP contribution in [0.4, 0.5) is 5.69 Å². The Kier molecular flexibility index (Phi) is 5.91. The summed E-state index contributed by atoms with van der Waals surface area (Å²) >= 11 is 0. The number of anilines is 1. The fourth-order valence-electron chi connectivity index (χ4n) is 3.45. The van der Waals surface area contributed by atoms with Crippen molar-refractivity contribution in [1.82, 2.24) is 20.0 Å². The highest BCUT2D eigenvalue weighted by atomic mass is 16.5. The van der Waals surface area contributed by atoms with E-state index in [1.165, 1.54) is 25.7 Å². The van der Waals surface area contributed by atoms with E-state index in [9.17, 15) is 4.79 Å². The Hall–Kier alpha value is -2.09. The predicted molar refractivity (Wildman–Crippen MR) is 96.7 cm³/mol. The van der Waals surface area contributed by atoms with Crippen molar-refractivity contribution < 1.29 is 9.53 Å². The molecule has 8 nitrogen and oxygen atoms in total. The first-order valence-electron chi connectivity index (χ1n) is 9.03. The molecule has 1 N–H and O–H groups in total. The number of carbonyl (C=O) groups is 1. The molecule has 0 unspecified atom stereocenters. The van der Waals surface area contributed by atoms with Gasteiger partial charge in [0.1, 0.15) is 6.54 Å². The van der Waals surface area contributed by atoms with E-state index in [4.69, 9.17) is 4.74 Å². The van der Waals surface area contributed by atoms with Gasteiger partial charge in [0.15, 0.2) is 5.96 Å². The Bertz CT molecular complexity index is 608. The molecular formula is C17H28N6O2. The van der Waals surface area contributed by atoms with Gasteiger partial charge in [0.05, 0.1) is 24.6 Å². The van der Waals surface area contributed by atoms with E-state index in [1.807, 2.05) is 18.1 Å². The van der Waals surface area contributed by atoms with Gasteiger partial charge >= 0.3 is 0 Å². The van der Waals surface area contributed by atoms with E-state index in [-0.39, 0.29) is 5.91 Å². The second-order valence-corrected chi connectivity index (χ2v) is 6.59. The minimum absolute atomic E-state index is 0.0596. The molecule has 25 heavy (non-hydrogen) atoms. The lowest BCUT2D eigenvalue weighted by Crippen LogP contribution is -2.55. The number of aryl methyl sites for hydroxylation is 1. The number of guanidine groups is 1. The molecule has 1 aromatic heterocycles. The zero-order chi connectivity index (χ0) is 17.6. The average molecular weight is 348 g/mol. The van der Waals surface area contributed by atoms with Gasteiger partial charge in [-0.2, -0.15) is 5.10 Å². The summed E-state index contributed by atoms with van der Waals surface area (Å²) in [5, 5.41) is 7.44. The van der Waals surface area contributed by atoms with Crippen LogP contribution >= 0.6 is 0 Å². The lowest BCUT2D eigenvalue weighted by atomic mass is 10.3. The summed E-state index contributed by atoms with van der Waals surface area (Å²) in [6, 6.07) is 0. The van der Waals surface area contributed by atoms with Crippen LogP contribution in [0.5, 0.6) is 0 Å². The maximum absolute atomic E-state index is 12.5. The Morgan fingerprint density at radius 1 is 1.40 bits per heavy atom. The maximum Gasteiger partial charge on any atom is 0.246 e. The lowest BCUT2D eigenvalue weighted by molar-refractivity contribution is -0.120. The molecule has 1 aliphatic heterocycles. The number of nitrogens with one attached hydrogen (secondary N) is 1. The summed E-state index contributed by atoms with van der Waals surface area (Å²) < 4.78 is 7.57. The number of rotatable bonds is 5. The van der Waals surface area contributed by atoms with Crippen molar-refractivity contribution >= 4 is 17.6 Å². The number of carbonyl (C=O) groups excluding carboxylic acids is 1. The largest absolute Gasteiger partial charge is 0.376 e. The van der Waals surface area contributed by atoms with E-state index >= 15 is 0 Å². The normalized spacial score (nSPS) is 19.8. The van der Waals surface area contributed by atoms with Gasteiger partial charge in [-0.3, -0.25) is 14.5 Å². The number of aromatic nitrogens is 2. The number of hydrogen-bond acceptors (Lipinski definition) is 4. The molecule has 2 fully saturated rings. The predicted octanol–water partition coefficient (Wildman–Crippen LogP) is 0.603. The van der Waals surface area contributed by atoms with Gasteiger partial charge < -0.3 is 19.9 Å². The van der Waals surface area contributed by atoms with Crippen molar-refractivity contribution in [3.63, 3.8) is 0 Å². The van der Waals surface area contributed by atoms with Crippen LogP contribution in [0.25, 0.3) is 0 Å². The molecule has 1 amide bonds. The van der Waals surface area contributed by atoms with Crippen LogP contribution in [0.1, 0.15) is 25.7 Å². The van der Waals surface area contributed by atoms with Gasteiger partial charge in [0.2, 0.25) is 5.91 Å². The van der Waals surface area contributed by atoms with Crippen molar-refractivity contribution in [3.8, 4) is 0 Å². The van der Waals surface area contributed by atoms with Crippen molar-refractivity contribution in [2.75, 3.05) is 44.7 Å². The number of aliphatic imine (C=N–C) groups is 1. The van der Waals surface area contributed by atoms with Gasteiger partial charge in [-0.05, 0) is 12.8 Å². The second-order valence-electron chi connectivity index (χ2n) is 6.59. The molecule has 0 aromatic carbocycles. The molecular weight excluding hydrogens is 320 g/mol. The third-order valence-corrected chi connectivity index (χ3v) is 4.78. The van der Waals surface area contributed by atoms with Crippen molar-refractivity contribution in [3.05, 3.63) is 12.4 Å². The highest BCUT2D eigenvalue weighted by Crippen LogP contribution is 2.20. The molecule has 8 heteroatoms. The minimum atomic E-state index is 0.0596. The van der Waals surface area contributed by atoms with E-state index in [1.54, 1.807) is 22.8 Å². The van der Waals surface area contributed by atoms with E-state index in [2.05, 4.69) is 15.4 Å². The third-order valence-electron chi connectivity index (χ3n) is 4.78. The smallest absolute Gasteiger partial charge is 0.246 e. The zero-order valence-corrected chi connectivity index (χ0v) is 15.1. The zero-order valence-electron chi connectivity index (χ0n) is 15.1. The molecule has 138 valence electrons. The van der Waals surface area contributed by atoms with E-state index in [0.717, 1.165) is 18.2 Å². The van der Waals surface area contributed by atoms with Crippen LogP contribution in [0.3, 0.4) is 0 Å². The summed E-state index contributed by atoms with van der Waals surface area (Å²) in [5.74, 6) is 0.818. The van der Waals surface area contributed by atoms with Gasteiger partial charge in [-0.15, -0.1) is 0 Å². The average Bonchev–Trinajstić information content (AvgIpc) is 3.26. The number of piperazine rings is 1. The van der Waals surface area contributed by atoms with Crippen LogP contribution in [0.2, 0.25) is 0 Å². The summed E-state index contributed by atoms with van der Waals surface area (Å²) in [7, 11) is 3.60. The second kappa shape index (κ2) is 8.33. The highest BCUT2D eigenvalue weighted by Gasteiger charge is 2.27. The number of ether oxygens (including phenoxy) is 1. The fraction of sp³-hybridized carbons (Fsp3) is 0.706. The SMILES string of the molecule is CN=C(NCCOC1CCCC1)N1CCN(c2cnn(C)c2)C(=O)C1. The molecule has 3 rings (SSSR count). The molecule has 2 heterocycles. The number of nitrogens with zero attached hydrogens (tertiary/aromatic N) is 5. The third kappa shape index (κ3) is 4.50. The maximum atomic E-state index is 12.5. The van der Waals surface area contributed by atoms with Gasteiger partial charge in [-0.1, -0.05) is 12.8 Å². The van der Waals surface area contributed by atoms with Gasteiger partial charge in [0, 0.05) is 39.9 Å². The highest BCUT2D eigenvalue weighted by molar-refractivity contribution is 5.98. The fourth-order valence-corrected chi connectivity index (χ4v) is 3.45. The summed E-state index contributed by atoms with van der Waals surface area (Å²) in [6.07, 6.45) is 8.93. The first-order chi connectivity index (χ1) is 12.2. The van der Waals surface area contributed by atoms with Crippen molar-refractivity contribution in [2.45, 2.75) is 31.8 Å². The summed E-state index contributed by atoms with van der Waals surface area (Å²) in [6.45, 7) is 3.07. The summed E-state index contributed by atoms with van der Waals surface area (Å²) in [4.78, 5) is 20.6. The van der Waals surface area contributed by atoms with E-state index in [0.29, 0.717) is 32.3 Å². The molecule has 2 aliphatic rings. The van der Waals surface area contributed by atoms with Crippen LogP contribution in [-0.2, 0) is 16.6 Å². The number of amides is 1. The molecule has 0 radical (unpaired) electrons. The monoisotopic (exact) mass is 348 g/mol. The summed E-state index contributed by atoms with van der Waals surface area (Å²) in [5.41, 5.74) is 0.847. The molecule has 1 aromatic rings. The van der Waals surface area contributed by atoms with Crippen LogP contribution < -0.4 is 10.2 Å². The minimum Gasteiger partial charge on any atom is -0.376 e. The topological polar surface area (TPSA) is 75.0 Å². The standard InChI is InChI=1S/C17H28N6O2/c1-18-17(19-7-10-25-15-5-3-4-6-15)22-8-9-23(16(24)13-22)14-11-20-21(2)12-14/h11-12,15H,3-10,13H2,1-2H3,(H,18,19). The Morgan fingerprint density at radius 3 is 2.84 bits per heavy atom. The number of hydrogen-bond donors (Lipinski definition) is 1. The lowest BCUT2D eigenvalue weighted by Gasteiger charge is -2.35. The first-order valence-corrected chi connectivity index (χ1v) is 9.03. The van der Waals surface area contributed by atoms with Crippen molar-refractivity contribution in [1.29, 1.82) is 0 Å². The van der Waals surface area contributed by atoms with Gasteiger partial charge in [-0.25, -0.2) is 0 Å². The van der Waals surface area contributed by atoms with Crippen LogP contribution in [0, 0.1) is 0 Å². The quantitative estimate of drug-likeness (QED) is 0.479. The Morgan fingerprint density at radius 2 is 2.20 bits per heavy atom. The molecule has 0 bridgehead atoms. The van der Waals surface area contributed by atoms with Crippen molar-refractivity contribution in [2.24, 2.45) is 12.0 Å². The Labute approximate surface area is 148 Å². The van der Waals surface area contributed by atoms with Gasteiger partial charge in [0.25, 0.3) is 0 Å². The molecule has 1 saturated heterocycles. The van der Waals surface area contributed by atoms with Crippen LogP contribution in [-0.4, -0.2) is 72.5 Å². The molecule has 1 saturated carbocycles. The molecule has 0 atom stereocenters. The van der Waals surface area contributed by atoms with Crippen LogP contribution in [0.15, 0.2) is 17.4 Å². The Balaban J connectivity index is 1.45. The van der Waals surface area contributed by atoms with E-state index < -0.39 is 0 Å². The molecule has 0 spiro atoms. The first kappa shape index (κ1) is 17.7. The molecule has 1 aliphatic carbocycles.